The molecule has 108 valence electrons. The standard InChI is InChI=1S/C15H14N2O2S2/c1-11-8-15(20-10-11)21(18,19)17-9-12-6-7-16-14-5-3-2-4-13(12)14/h2-8,10,17H,9H2,1H3. The van der Waals surface area contributed by atoms with Crippen molar-refractivity contribution in [2.75, 3.05) is 0 Å². The summed E-state index contributed by atoms with van der Waals surface area (Å²) in [4.78, 5) is 4.27. The van der Waals surface area contributed by atoms with Crippen LogP contribution in [-0.4, -0.2) is 13.4 Å². The highest BCUT2D eigenvalue weighted by molar-refractivity contribution is 7.91. The van der Waals surface area contributed by atoms with Crippen LogP contribution in [0.4, 0.5) is 0 Å². The molecule has 0 unspecified atom stereocenters. The summed E-state index contributed by atoms with van der Waals surface area (Å²) >= 11 is 1.23. The molecule has 1 aromatic carbocycles. The first-order chi connectivity index (χ1) is 10.1. The van der Waals surface area contributed by atoms with Gasteiger partial charge in [-0.2, -0.15) is 0 Å². The van der Waals surface area contributed by atoms with Crippen molar-refractivity contribution >= 4 is 32.3 Å². The lowest BCUT2D eigenvalue weighted by atomic mass is 10.1. The molecule has 2 heterocycles. The first kappa shape index (κ1) is 14.2. The molecule has 4 nitrogen and oxygen atoms in total. The smallest absolute Gasteiger partial charge is 0.250 e. The highest BCUT2D eigenvalue weighted by atomic mass is 32.2. The molecular formula is C15H14N2O2S2. The Balaban J connectivity index is 1.87. The number of hydrogen-bond acceptors (Lipinski definition) is 4. The third-order valence-electron chi connectivity index (χ3n) is 3.16. The Morgan fingerprint density at radius 2 is 2.05 bits per heavy atom. The highest BCUT2D eigenvalue weighted by Gasteiger charge is 2.16. The van der Waals surface area contributed by atoms with Gasteiger partial charge in [-0.3, -0.25) is 4.98 Å². The minimum Gasteiger partial charge on any atom is -0.256 e. The molecule has 0 aliphatic rings. The maximum atomic E-state index is 12.2. The molecule has 0 aliphatic carbocycles. The van der Waals surface area contributed by atoms with E-state index in [0.29, 0.717) is 4.21 Å². The fraction of sp³-hybridized carbons (Fsp3) is 0.133. The number of aryl methyl sites for hydroxylation is 1. The van der Waals surface area contributed by atoms with Gasteiger partial charge in [0.1, 0.15) is 4.21 Å². The first-order valence-electron chi connectivity index (χ1n) is 6.44. The van der Waals surface area contributed by atoms with Crippen LogP contribution in [0.1, 0.15) is 11.1 Å². The van der Waals surface area contributed by atoms with Crippen molar-refractivity contribution in [3.8, 4) is 0 Å². The Kier molecular flexibility index (Phi) is 3.75. The summed E-state index contributed by atoms with van der Waals surface area (Å²) in [6.07, 6.45) is 1.70. The van der Waals surface area contributed by atoms with Crippen LogP contribution < -0.4 is 4.72 Å². The van der Waals surface area contributed by atoms with E-state index in [2.05, 4.69) is 9.71 Å². The molecule has 0 amide bonds. The number of aromatic nitrogens is 1. The summed E-state index contributed by atoms with van der Waals surface area (Å²) in [7, 11) is -3.46. The van der Waals surface area contributed by atoms with Gasteiger partial charge in [-0.05, 0) is 41.6 Å². The van der Waals surface area contributed by atoms with Crippen LogP contribution in [-0.2, 0) is 16.6 Å². The fourth-order valence-corrected chi connectivity index (χ4v) is 4.38. The van der Waals surface area contributed by atoms with E-state index in [-0.39, 0.29) is 6.54 Å². The zero-order valence-electron chi connectivity index (χ0n) is 11.4. The van der Waals surface area contributed by atoms with Gasteiger partial charge in [0.2, 0.25) is 10.0 Å². The fourth-order valence-electron chi connectivity index (χ4n) is 2.10. The summed E-state index contributed by atoms with van der Waals surface area (Å²) in [6, 6.07) is 11.2. The van der Waals surface area contributed by atoms with Crippen molar-refractivity contribution in [2.45, 2.75) is 17.7 Å². The van der Waals surface area contributed by atoms with Crippen LogP contribution in [0.5, 0.6) is 0 Å². The molecule has 6 heteroatoms. The van der Waals surface area contributed by atoms with E-state index in [4.69, 9.17) is 0 Å². The van der Waals surface area contributed by atoms with Gasteiger partial charge in [0.05, 0.1) is 5.52 Å². The Morgan fingerprint density at radius 3 is 2.81 bits per heavy atom. The van der Waals surface area contributed by atoms with Gasteiger partial charge >= 0.3 is 0 Å². The quantitative estimate of drug-likeness (QED) is 0.804. The number of hydrogen-bond donors (Lipinski definition) is 1. The zero-order chi connectivity index (χ0) is 14.9. The molecule has 21 heavy (non-hydrogen) atoms. The lowest BCUT2D eigenvalue weighted by Gasteiger charge is -2.07. The Morgan fingerprint density at radius 1 is 1.24 bits per heavy atom. The van der Waals surface area contributed by atoms with Crippen LogP contribution >= 0.6 is 11.3 Å². The molecule has 0 saturated heterocycles. The van der Waals surface area contributed by atoms with Gasteiger partial charge in [-0.15, -0.1) is 11.3 Å². The van der Waals surface area contributed by atoms with Crippen molar-refractivity contribution in [3.63, 3.8) is 0 Å². The molecular weight excluding hydrogens is 304 g/mol. The number of thiophene rings is 1. The average Bonchev–Trinajstić information content (AvgIpc) is 2.93. The minimum atomic E-state index is -3.46. The van der Waals surface area contributed by atoms with Crippen molar-refractivity contribution in [3.05, 3.63) is 59.1 Å². The number of benzene rings is 1. The summed E-state index contributed by atoms with van der Waals surface area (Å²) < 4.78 is 27.5. The van der Waals surface area contributed by atoms with E-state index < -0.39 is 10.0 Å². The zero-order valence-corrected chi connectivity index (χ0v) is 13.0. The van der Waals surface area contributed by atoms with Crippen molar-refractivity contribution in [2.24, 2.45) is 0 Å². The topological polar surface area (TPSA) is 59.1 Å². The molecule has 0 bridgehead atoms. The number of nitrogens with one attached hydrogen (secondary N) is 1. The lowest BCUT2D eigenvalue weighted by molar-refractivity contribution is 0.583. The molecule has 0 saturated carbocycles. The number of para-hydroxylation sites is 1. The van der Waals surface area contributed by atoms with Gasteiger partial charge in [0, 0.05) is 18.1 Å². The van der Waals surface area contributed by atoms with E-state index in [1.165, 1.54) is 11.3 Å². The SMILES string of the molecule is Cc1csc(S(=O)(=O)NCc2ccnc3ccccc23)c1. The highest BCUT2D eigenvalue weighted by Crippen LogP contribution is 2.21. The minimum absolute atomic E-state index is 0.252. The summed E-state index contributed by atoms with van der Waals surface area (Å²) in [6.45, 7) is 2.13. The van der Waals surface area contributed by atoms with Gasteiger partial charge in [0.15, 0.2) is 0 Å². The maximum Gasteiger partial charge on any atom is 0.250 e. The summed E-state index contributed by atoms with van der Waals surface area (Å²) in [5.41, 5.74) is 2.73. The van der Waals surface area contributed by atoms with E-state index in [1.54, 1.807) is 12.3 Å². The second-order valence-corrected chi connectivity index (χ2v) is 7.66. The number of nitrogens with zero attached hydrogens (tertiary/aromatic N) is 1. The number of sulfonamides is 1. The molecule has 0 fully saturated rings. The molecule has 2 aromatic heterocycles. The Hall–Kier alpha value is -1.76. The van der Waals surface area contributed by atoms with Gasteiger partial charge in [-0.25, -0.2) is 13.1 Å². The molecule has 1 N–H and O–H groups in total. The van der Waals surface area contributed by atoms with E-state index in [1.807, 2.05) is 42.6 Å². The molecule has 0 aliphatic heterocycles. The average molecular weight is 318 g/mol. The van der Waals surface area contributed by atoms with Crippen molar-refractivity contribution < 1.29 is 8.42 Å². The van der Waals surface area contributed by atoms with E-state index in [9.17, 15) is 8.42 Å². The van der Waals surface area contributed by atoms with E-state index in [0.717, 1.165) is 22.0 Å². The predicted octanol–water partition coefficient (Wildman–Crippen LogP) is 3.08. The van der Waals surface area contributed by atoms with Gasteiger partial charge < -0.3 is 0 Å². The second-order valence-electron chi connectivity index (χ2n) is 4.75. The van der Waals surface area contributed by atoms with Crippen LogP contribution in [0.3, 0.4) is 0 Å². The van der Waals surface area contributed by atoms with Gasteiger partial charge in [0.25, 0.3) is 0 Å². The third kappa shape index (κ3) is 2.97. The van der Waals surface area contributed by atoms with Crippen LogP contribution in [0.2, 0.25) is 0 Å². The third-order valence-corrected chi connectivity index (χ3v) is 6.12. The number of fused-ring (bicyclic) bond motifs is 1. The monoisotopic (exact) mass is 318 g/mol. The van der Waals surface area contributed by atoms with Crippen LogP contribution in [0, 0.1) is 6.92 Å². The second kappa shape index (κ2) is 5.55. The number of pyridine rings is 1. The summed E-state index contributed by atoms with van der Waals surface area (Å²) in [5.74, 6) is 0. The summed E-state index contributed by atoms with van der Waals surface area (Å²) in [5, 5.41) is 2.79. The molecule has 3 rings (SSSR count). The molecule has 0 spiro atoms. The lowest BCUT2D eigenvalue weighted by Crippen LogP contribution is -2.22. The van der Waals surface area contributed by atoms with Crippen LogP contribution in [0.15, 0.2) is 52.2 Å². The van der Waals surface area contributed by atoms with Crippen LogP contribution in [0.25, 0.3) is 10.9 Å². The van der Waals surface area contributed by atoms with Crippen molar-refractivity contribution in [1.82, 2.24) is 9.71 Å². The first-order valence-corrected chi connectivity index (χ1v) is 8.80. The van der Waals surface area contributed by atoms with E-state index >= 15 is 0 Å². The largest absolute Gasteiger partial charge is 0.256 e. The van der Waals surface area contributed by atoms with Crippen molar-refractivity contribution in [1.29, 1.82) is 0 Å². The normalized spacial score (nSPS) is 11.9. The predicted molar refractivity (Wildman–Crippen MR) is 84.8 cm³/mol. The Labute approximate surface area is 127 Å². The molecule has 0 radical (unpaired) electrons. The molecule has 0 atom stereocenters. The number of rotatable bonds is 4. The Bertz CT molecular complexity index is 880. The van der Waals surface area contributed by atoms with Gasteiger partial charge in [-0.1, -0.05) is 18.2 Å². The molecule has 3 aromatic rings. The maximum absolute atomic E-state index is 12.2.